The van der Waals surface area contributed by atoms with Crippen LogP contribution in [0.25, 0.3) is 0 Å². The lowest BCUT2D eigenvalue weighted by Gasteiger charge is -2.09. The van der Waals surface area contributed by atoms with Crippen LogP contribution in [0.4, 0.5) is 5.88 Å². The first-order valence-electron chi connectivity index (χ1n) is 8.21. The third kappa shape index (κ3) is 3.76. The first-order valence-corrected chi connectivity index (χ1v) is 10.9. The summed E-state index contributed by atoms with van der Waals surface area (Å²) < 4.78 is 43.5. The van der Waals surface area contributed by atoms with E-state index in [1.54, 1.807) is 30.5 Å². The van der Waals surface area contributed by atoms with Gasteiger partial charge in [-0.3, -0.25) is 0 Å². The number of rotatable bonds is 6. The Kier molecular flexibility index (Phi) is 5.11. The second kappa shape index (κ2) is 7.58. The van der Waals surface area contributed by atoms with Gasteiger partial charge in [-0.15, -0.1) is 11.3 Å². The predicted octanol–water partition coefficient (Wildman–Crippen LogP) is 3.65. The fourth-order valence-corrected chi connectivity index (χ4v) is 5.33. The van der Waals surface area contributed by atoms with Crippen LogP contribution in [0.5, 0.6) is 11.5 Å². The van der Waals surface area contributed by atoms with E-state index in [9.17, 15) is 13.6 Å². The monoisotopic (exact) mass is 455 g/mol. The molecule has 2 N–H and O–H groups in total. The lowest BCUT2D eigenvalue weighted by Crippen LogP contribution is -2.16. The summed E-state index contributed by atoms with van der Waals surface area (Å²) in [4.78, 5) is 0.214. The summed E-state index contributed by atoms with van der Waals surface area (Å²) in [7, 11) is -4.06. The van der Waals surface area contributed by atoms with Crippen molar-refractivity contribution < 1.29 is 27.6 Å². The maximum absolute atomic E-state index is 12.8. The highest BCUT2D eigenvalue weighted by Crippen LogP contribution is 2.34. The number of fused-ring (bicyclic) bond motifs is 1. The second-order valence-corrected chi connectivity index (χ2v) is 8.99. The molecule has 2 aromatic heterocycles. The zero-order valence-corrected chi connectivity index (χ0v) is 17.3. The van der Waals surface area contributed by atoms with Gasteiger partial charge in [0.2, 0.25) is 6.79 Å². The number of hydrogen-bond acceptors (Lipinski definition) is 9. The number of benzene rings is 1. The van der Waals surface area contributed by atoms with Gasteiger partial charge in [-0.2, -0.15) is 0 Å². The van der Waals surface area contributed by atoms with Crippen molar-refractivity contribution in [2.24, 2.45) is 5.16 Å². The van der Waals surface area contributed by atoms with E-state index in [-0.39, 0.29) is 39.6 Å². The minimum atomic E-state index is -4.06. The highest BCUT2D eigenvalue weighted by atomic mass is 35.5. The number of aromatic nitrogens is 1. The van der Waals surface area contributed by atoms with Crippen molar-refractivity contribution in [1.82, 2.24) is 5.16 Å². The summed E-state index contributed by atoms with van der Waals surface area (Å²) in [5.74, 6) is 1.02. The number of oxime groups is 1. The van der Waals surface area contributed by atoms with Gasteiger partial charge in [0.1, 0.15) is 21.3 Å². The zero-order chi connectivity index (χ0) is 20.6. The molecule has 0 saturated carbocycles. The summed E-state index contributed by atoms with van der Waals surface area (Å²) in [6, 6.07) is 6.69. The predicted molar refractivity (Wildman–Crippen MR) is 106 cm³/mol. The lowest BCUT2D eigenvalue weighted by molar-refractivity contribution is 0.174. The number of ether oxygens (including phenoxy) is 2. The molecule has 152 valence electrons. The number of nitrogens with one attached hydrogen (secondary N) is 1. The molecular weight excluding hydrogens is 442 g/mol. The molecule has 0 spiro atoms. The smallest absolute Gasteiger partial charge is 0.265 e. The van der Waals surface area contributed by atoms with Crippen molar-refractivity contribution in [3.63, 3.8) is 0 Å². The molecule has 1 aliphatic heterocycles. The van der Waals surface area contributed by atoms with Gasteiger partial charge in [0.05, 0.1) is 4.88 Å². The Morgan fingerprint density at radius 3 is 2.86 bits per heavy atom. The molecule has 3 aromatic rings. The number of sulfonamides is 1. The third-order valence-electron chi connectivity index (χ3n) is 4.13. The fourth-order valence-electron chi connectivity index (χ4n) is 2.72. The lowest BCUT2D eigenvalue weighted by atomic mass is 10.1. The van der Waals surface area contributed by atoms with Crippen molar-refractivity contribution in [1.29, 1.82) is 0 Å². The Morgan fingerprint density at radius 2 is 2.14 bits per heavy atom. The van der Waals surface area contributed by atoms with E-state index in [1.165, 1.54) is 6.07 Å². The molecule has 0 atom stereocenters. The highest BCUT2D eigenvalue weighted by Gasteiger charge is 2.26. The Hall–Kier alpha value is -2.76. The molecule has 1 aliphatic rings. The number of nitrogens with zero attached hydrogens (tertiary/aromatic N) is 2. The highest BCUT2D eigenvalue weighted by molar-refractivity contribution is 7.93. The minimum Gasteiger partial charge on any atom is -0.454 e. The van der Waals surface area contributed by atoms with Crippen LogP contribution in [-0.4, -0.2) is 31.3 Å². The largest absolute Gasteiger partial charge is 0.454 e. The molecule has 0 aliphatic carbocycles. The number of aryl methyl sites for hydroxylation is 1. The van der Waals surface area contributed by atoms with Crippen LogP contribution in [0.1, 0.15) is 16.1 Å². The van der Waals surface area contributed by atoms with E-state index in [0.29, 0.717) is 17.2 Å². The van der Waals surface area contributed by atoms with Crippen LogP contribution in [0, 0.1) is 6.92 Å². The Bertz CT molecular complexity index is 1200. The number of hydrogen-bond donors (Lipinski definition) is 2. The molecule has 0 fully saturated rings. The molecule has 9 nitrogen and oxygen atoms in total. The zero-order valence-electron chi connectivity index (χ0n) is 14.9. The molecule has 3 heterocycles. The van der Waals surface area contributed by atoms with Crippen LogP contribution in [-0.2, 0) is 16.4 Å². The van der Waals surface area contributed by atoms with Crippen molar-refractivity contribution in [3.05, 3.63) is 50.8 Å². The van der Waals surface area contributed by atoms with Crippen LogP contribution in [0.15, 0.2) is 44.2 Å². The van der Waals surface area contributed by atoms with Crippen LogP contribution >= 0.6 is 22.9 Å². The number of halogens is 1. The van der Waals surface area contributed by atoms with Crippen LogP contribution in [0.2, 0.25) is 5.02 Å². The molecule has 29 heavy (non-hydrogen) atoms. The standard InChI is InChI=1S/C17H14ClN3O6S2/c1-9-15(18)17(27-20-9)21-29(23,24)14-4-5-28-16(14)11(19-22)6-10-2-3-12-13(7-10)26-8-25-12/h2-5,7,21-22H,6,8H2,1H3. The summed E-state index contributed by atoms with van der Waals surface area (Å²) >= 11 is 7.12. The first kappa shape index (κ1) is 19.6. The second-order valence-electron chi connectivity index (χ2n) is 6.04. The Balaban J connectivity index is 1.62. The Morgan fingerprint density at radius 1 is 1.34 bits per heavy atom. The molecule has 0 amide bonds. The molecule has 0 saturated heterocycles. The van der Waals surface area contributed by atoms with Crippen molar-refractivity contribution in [2.45, 2.75) is 18.2 Å². The average molecular weight is 456 g/mol. The van der Waals surface area contributed by atoms with Gasteiger partial charge in [0.25, 0.3) is 15.9 Å². The summed E-state index contributed by atoms with van der Waals surface area (Å²) in [6.07, 6.45) is 0.179. The molecule has 0 bridgehead atoms. The Labute approximate surface area is 174 Å². The minimum absolute atomic E-state index is 0.0684. The molecule has 0 unspecified atom stereocenters. The van der Waals surface area contributed by atoms with Gasteiger partial charge in [0.15, 0.2) is 11.5 Å². The molecular formula is C17H14ClN3O6S2. The summed E-state index contributed by atoms with van der Waals surface area (Å²) in [5, 5.41) is 18.2. The van der Waals surface area contributed by atoms with Crippen LogP contribution in [0.3, 0.4) is 0 Å². The number of thiophene rings is 1. The number of anilines is 1. The average Bonchev–Trinajstić information content (AvgIpc) is 3.42. The van der Waals surface area contributed by atoms with Gasteiger partial charge in [-0.05, 0) is 36.1 Å². The van der Waals surface area contributed by atoms with Gasteiger partial charge in [0, 0.05) is 6.42 Å². The van der Waals surface area contributed by atoms with E-state index in [0.717, 1.165) is 16.9 Å². The maximum Gasteiger partial charge on any atom is 0.265 e. The van der Waals surface area contributed by atoms with E-state index in [4.69, 9.17) is 25.6 Å². The van der Waals surface area contributed by atoms with E-state index < -0.39 is 10.0 Å². The quantitative estimate of drug-likeness (QED) is 0.330. The molecule has 0 radical (unpaired) electrons. The SMILES string of the molecule is Cc1noc(NS(=O)(=O)c2ccsc2C(Cc2ccc3c(c2)OCO3)=NO)c1Cl. The van der Waals surface area contributed by atoms with Gasteiger partial charge < -0.3 is 19.2 Å². The summed E-state index contributed by atoms with van der Waals surface area (Å²) in [5.41, 5.74) is 1.30. The normalized spacial score (nSPS) is 13.7. The van der Waals surface area contributed by atoms with Crippen molar-refractivity contribution >= 4 is 44.6 Å². The summed E-state index contributed by atoms with van der Waals surface area (Å²) in [6.45, 7) is 1.73. The van der Waals surface area contributed by atoms with E-state index in [2.05, 4.69) is 15.0 Å². The molecule has 4 rings (SSSR count). The van der Waals surface area contributed by atoms with E-state index >= 15 is 0 Å². The van der Waals surface area contributed by atoms with Gasteiger partial charge >= 0.3 is 0 Å². The van der Waals surface area contributed by atoms with Gasteiger partial charge in [-0.1, -0.05) is 28.0 Å². The van der Waals surface area contributed by atoms with E-state index in [1.807, 2.05) is 0 Å². The third-order valence-corrected chi connectivity index (χ3v) is 7.04. The van der Waals surface area contributed by atoms with Gasteiger partial charge in [-0.25, -0.2) is 13.1 Å². The molecule has 1 aromatic carbocycles. The van der Waals surface area contributed by atoms with Crippen LogP contribution < -0.4 is 14.2 Å². The molecule has 12 heteroatoms. The maximum atomic E-state index is 12.8. The van der Waals surface area contributed by atoms with Crippen molar-refractivity contribution in [3.8, 4) is 11.5 Å². The first-order chi connectivity index (χ1) is 13.9. The van der Waals surface area contributed by atoms with Crippen molar-refractivity contribution in [2.75, 3.05) is 11.5 Å². The fraction of sp³-hybridized carbons (Fsp3) is 0.176. The topological polar surface area (TPSA) is 123 Å².